The van der Waals surface area contributed by atoms with Crippen LogP contribution in [0.5, 0.6) is 0 Å². The molecule has 0 saturated heterocycles. The van der Waals surface area contributed by atoms with Crippen LogP contribution in [-0.2, 0) is 19.5 Å². The van der Waals surface area contributed by atoms with E-state index in [0.717, 1.165) is 36.9 Å². The lowest BCUT2D eigenvalue weighted by atomic mass is 10.2. The molecule has 0 spiro atoms. The van der Waals surface area contributed by atoms with Crippen molar-refractivity contribution < 1.29 is 0 Å². The number of benzene rings is 1. The summed E-state index contributed by atoms with van der Waals surface area (Å²) in [5.74, 6) is 0.0352. The van der Waals surface area contributed by atoms with Crippen LogP contribution in [0, 0.1) is 0 Å². The summed E-state index contributed by atoms with van der Waals surface area (Å²) in [7, 11) is 0. The lowest BCUT2D eigenvalue weighted by Crippen LogP contribution is -2.42. The van der Waals surface area contributed by atoms with Crippen molar-refractivity contribution in [3.8, 4) is 0 Å². The van der Waals surface area contributed by atoms with Crippen LogP contribution >= 0.6 is 23.6 Å². The minimum absolute atomic E-state index is 0.0352. The van der Waals surface area contributed by atoms with E-state index in [0.29, 0.717) is 5.13 Å². The Bertz CT molecular complexity index is 721. The van der Waals surface area contributed by atoms with Crippen molar-refractivity contribution in [2.75, 3.05) is 6.54 Å². The molecule has 1 aliphatic rings. The maximum absolute atomic E-state index is 5.51. The molecule has 0 aliphatic carbocycles. The van der Waals surface area contributed by atoms with E-state index in [1.807, 2.05) is 18.2 Å². The summed E-state index contributed by atoms with van der Waals surface area (Å²) >= 11 is 7.02. The Morgan fingerprint density at radius 3 is 2.87 bits per heavy atom. The van der Waals surface area contributed by atoms with E-state index in [-0.39, 0.29) is 5.96 Å². The van der Waals surface area contributed by atoms with Crippen molar-refractivity contribution >= 4 is 39.8 Å². The average Bonchev–Trinajstić information content (AvgIpc) is 2.94. The first-order chi connectivity index (χ1) is 11.1. The summed E-state index contributed by atoms with van der Waals surface area (Å²) in [6, 6.07) is 10.2. The Labute approximate surface area is 144 Å². The Morgan fingerprint density at radius 1 is 1.35 bits per heavy atom. The van der Waals surface area contributed by atoms with Crippen molar-refractivity contribution in [1.29, 1.82) is 0 Å². The van der Waals surface area contributed by atoms with E-state index in [2.05, 4.69) is 32.3 Å². The number of thiazole rings is 1. The predicted octanol–water partition coefficient (Wildman–Crippen LogP) is 1.48. The standard InChI is InChI=1S/C15H18N6S2/c16-13(17)20-14-19-11-6-7-21(9-12(11)23-14)15(22)18-8-10-4-2-1-3-5-10/h1-5H,6-9H2,(H,18,22)(H4,16,17,19,20). The van der Waals surface area contributed by atoms with Crippen molar-refractivity contribution in [1.82, 2.24) is 15.2 Å². The number of aromatic nitrogens is 1. The molecular formula is C15H18N6S2. The first kappa shape index (κ1) is 15.7. The van der Waals surface area contributed by atoms with Gasteiger partial charge in [0.25, 0.3) is 0 Å². The average molecular weight is 346 g/mol. The second-order valence-electron chi connectivity index (χ2n) is 5.22. The normalized spacial score (nSPS) is 13.3. The topological polar surface area (TPSA) is 92.6 Å². The van der Waals surface area contributed by atoms with Crippen LogP contribution in [0.15, 0.2) is 35.3 Å². The molecule has 2 heterocycles. The molecule has 1 aliphatic heterocycles. The van der Waals surface area contributed by atoms with Gasteiger partial charge in [-0.25, -0.2) is 4.98 Å². The number of guanidine groups is 1. The van der Waals surface area contributed by atoms with Gasteiger partial charge in [0.05, 0.1) is 12.2 Å². The number of thiocarbonyl (C=S) groups is 1. The first-order valence-corrected chi connectivity index (χ1v) is 8.49. The van der Waals surface area contributed by atoms with E-state index in [4.69, 9.17) is 23.7 Å². The molecule has 1 aromatic carbocycles. The van der Waals surface area contributed by atoms with Crippen LogP contribution in [0.4, 0.5) is 5.13 Å². The zero-order valence-corrected chi connectivity index (χ0v) is 14.2. The van der Waals surface area contributed by atoms with Crippen molar-refractivity contribution in [2.45, 2.75) is 19.5 Å². The highest BCUT2D eigenvalue weighted by Crippen LogP contribution is 2.29. The Kier molecular flexibility index (Phi) is 4.73. The van der Waals surface area contributed by atoms with Crippen molar-refractivity contribution in [3.63, 3.8) is 0 Å². The van der Waals surface area contributed by atoms with Crippen LogP contribution in [0.1, 0.15) is 16.1 Å². The van der Waals surface area contributed by atoms with E-state index < -0.39 is 0 Å². The number of rotatable bonds is 3. The molecule has 6 nitrogen and oxygen atoms in total. The Balaban J connectivity index is 1.61. The number of hydrogen-bond donors (Lipinski definition) is 3. The Morgan fingerprint density at radius 2 is 2.13 bits per heavy atom. The van der Waals surface area contributed by atoms with E-state index in [9.17, 15) is 0 Å². The number of nitrogens with two attached hydrogens (primary N) is 2. The van der Waals surface area contributed by atoms with Gasteiger partial charge in [-0.1, -0.05) is 41.7 Å². The van der Waals surface area contributed by atoms with Crippen LogP contribution < -0.4 is 16.8 Å². The summed E-state index contributed by atoms with van der Waals surface area (Å²) in [5, 5.41) is 4.68. The number of aliphatic imine (C=N–C) groups is 1. The van der Waals surface area contributed by atoms with E-state index in [1.165, 1.54) is 21.8 Å². The summed E-state index contributed by atoms with van der Waals surface area (Å²) in [5.41, 5.74) is 13.1. The molecule has 0 fully saturated rings. The summed E-state index contributed by atoms with van der Waals surface area (Å²) in [6.45, 7) is 2.32. The molecule has 3 rings (SSSR count). The third kappa shape index (κ3) is 3.96. The smallest absolute Gasteiger partial charge is 0.212 e. The van der Waals surface area contributed by atoms with Gasteiger partial charge in [-0.3, -0.25) is 0 Å². The minimum Gasteiger partial charge on any atom is -0.370 e. The maximum atomic E-state index is 5.51. The van der Waals surface area contributed by atoms with E-state index >= 15 is 0 Å². The summed E-state index contributed by atoms with van der Waals surface area (Å²) in [6.07, 6.45) is 0.846. The highest BCUT2D eigenvalue weighted by Gasteiger charge is 2.22. The van der Waals surface area contributed by atoms with Gasteiger partial charge in [0, 0.05) is 24.4 Å². The Hall–Kier alpha value is -2.19. The summed E-state index contributed by atoms with van der Waals surface area (Å²) in [4.78, 5) is 11.8. The van der Waals surface area contributed by atoms with E-state index in [1.54, 1.807) is 0 Å². The van der Waals surface area contributed by atoms with Gasteiger partial charge in [0.1, 0.15) is 0 Å². The molecular weight excluding hydrogens is 328 g/mol. The second kappa shape index (κ2) is 6.93. The van der Waals surface area contributed by atoms with Gasteiger partial charge in [-0.05, 0) is 17.8 Å². The van der Waals surface area contributed by atoms with Gasteiger partial charge >= 0.3 is 0 Å². The van der Waals surface area contributed by atoms with Gasteiger partial charge in [0.2, 0.25) is 5.13 Å². The number of nitrogens with one attached hydrogen (secondary N) is 1. The van der Waals surface area contributed by atoms with Crippen LogP contribution in [0.25, 0.3) is 0 Å². The SMILES string of the molecule is NC(N)=Nc1nc2c(s1)CN(C(=S)NCc1ccccc1)CC2. The minimum atomic E-state index is 0.0352. The van der Waals surface area contributed by atoms with Gasteiger partial charge < -0.3 is 21.7 Å². The molecule has 120 valence electrons. The predicted molar refractivity (Wildman–Crippen MR) is 97.6 cm³/mol. The number of hydrogen-bond acceptors (Lipinski definition) is 4. The molecule has 5 N–H and O–H groups in total. The number of nitrogens with zero attached hydrogens (tertiary/aromatic N) is 3. The van der Waals surface area contributed by atoms with Gasteiger partial charge in [-0.2, -0.15) is 4.99 Å². The fourth-order valence-electron chi connectivity index (χ4n) is 2.40. The molecule has 8 heteroatoms. The largest absolute Gasteiger partial charge is 0.370 e. The molecule has 0 unspecified atom stereocenters. The van der Waals surface area contributed by atoms with Crippen LogP contribution in [-0.4, -0.2) is 27.5 Å². The van der Waals surface area contributed by atoms with Crippen LogP contribution in [0.3, 0.4) is 0 Å². The molecule has 0 saturated carbocycles. The molecule has 23 heavy (non-hydrogen) atoms. The third-order valence-electron chi connectivity index (χ3n) is 3.52. The zero-order chi connectivity index (χ0) is 16.2. The summed E-state index contributed by atoms with van der Waals surface area (Å²) < 4.78 is 0. The fourth-order valence-corrected chi connectivity index (χ4v) is 3.64. The lowest BCUT2D eigenvalue weighted by molar-refractivity contribution is 0.389. The molecule has 0 amide bonds. The van der Waals surface area contributed by atoms with Gasteiger partial charge in [-0.15, -0.1) is 0 Å². The first-order valence-electron chi connectivity index (χ1n) is 7.27. The third-order valence-corrected chi connectivity index (χ3v) is 4.90. The highest BCUT2D eigenvalue weighted by atomic mass is 32.1. The number of fused-ring (bicyclic) bond motifs is 1. The van der Waals surface area contributed by atoms with Crippen molar-refractivity contribution in [2.24, 2.45) is 16.5 Å². The second-order valence-corrected chi connectivity index (χ2v) is 6.67. The van der Waals surface area contributed by atoms with Crippen molar-refractivity contribution in [3.05, 3.63) is 46.5 Å². The molecule has 0 atom stereocenters. The van der Waals surface area contributed by atoms with Gasteiger partial charge in [0.15, 0.2) is 11.1 Å². The maximum Gasteiger partial charge on any atom is 0.212 e. The van der Waals surface area contributed by atoms with Crippen LogP contribution in [0.2, 0.25) is 0 Å². The fraction of sp³-hybridized carbons (Fsp3) is 0.267. The molecule has 0 radical (unpaired) electrons. The monoisotopic (exact) mass is 346 g/mol. The lowest BCUT2D eigenvalue weighted by Gasteiger charge is -2.28. The highest BCUT2D eigenvalue weighted by molar-refractivity contribution is 7.80. The zero-order valence-electron chi connectivity index (χ0n) is 12.5. The molecule has 0 bridgehead atoms. The molecule has 1 aromatic heterocycles. The quantitative estimate of drug-likeness (QED) is 0.443. The molecule has 2 aromatic rings.